The van der Waals surface area contributed by atoms with E-state index in [0.717, 1.165) is 66.8 Å². The number of fused-ring (bicyclic) bond motifs is 3. The summed E-state index contributed by atoms with van der Waals surface area (Å²) in [6.07, 6.45) is -0.0595. The second-order valence-electron chi connectivity index (χ2n) is 28.5. The monoisotopic (exact) mass is 1710 g/mol. The molecule has 15 rings (SSSR count). The number of aromatic hydroxyl groups is 1. The van der Waals surface area contributed by atoms with Gasteiger partial charge in [0.05, 0.1) is 72.7 Å². The summed E-state index contributed by atoms with van der Waals surface area (Å²) in [7, 11) is 4.74. The number of halogens is 2. The van der Waals surface area contributed by atoms with Crippen molar-refractivity contribution in [3.05, 3.63) is 410 Å². The van der Waals surface area contributed by atoms with Gasteiger partial charge in [0.15, 0.2) is 17.3 Å². The number of carbonyl (C=O) groups excluding carboxylic acids is 2. The summed E-state index contributed by atoms with van der Waals surface area (Å²) in [4.78, 5) is 62.6. The predicted octanol–water partition coefficient (Wildman–Crippen LogP) is 22.9. The van der Waals surface area contributed by atoms with Crippen LogP contribution in [0.5, 0.6) is 23.0 Å². The fraction of sp³-hybridized carbons (Fsp3) is 0.175. The van der Waals surface area contributed by atoms with Crippen LogP contribution in [0.3, 0.4) is 0 Å². The third kappa shape index (κ3) is 24.2. The summed E-state index contributed by atoms with van der Waals surface area (Å²) in [6.45, 7) is 16.8. The SMILES string of the molecule is CC(O)c1oc2cccc(F)c2c(=O)c1Br.COc1cccc(C)c1/C=N/O.COc1cccc(C)c1C#N.COc1cccc(C)c1C(=O)Cc1ccccc1.Cc1cccc(O)c1C(=O)Cc1ccccc1.Cc1cccc2oc(C(C)O)c(-c3ccccc3)c(=O)c12.Cc1cccc2oc(C(C)OCc3ccccc3)c(-c3ccccc3)c(=O)c12. The van der Waals surface area contributed by atoms with E-state index in [1.54, 1.807) is 52.5 Å². The zero-order valence-electron chi connectivity index (χ0n) is 70.3. The van der Waals surface area contributed by atoms with Crippen LogP contribution < -0.4 is 30.5 Å². The van der Waals surface area contributed by atoms with Crippen molar-refractivity contribution in [1.29, 1.82) is 5.26 Å². The van der Waals surface area contributed by atoms with E-state index in [9.17, 15) is 43.7 Å². The molecule has 0 fully saturated rings. The summed E-state index contributed by atoms with van der Waals surface area (Å²) in [5, 5.41) is 50.2. The molecule has 3 heterocycles. The van der Waals surface area contributed by atoms with Gasteiger partial charge < -0.3 is 52.7 Å². The molecule has 0 saturated heterocycles. The van der Waals surface area contributed by atoms with Gasteiger partial charge in [-0.25, -0.2) is 4.39 Å². The van der Waals surface area contributed by atoms with Gasteiger partial charge in [-0.05, 0) is 188 Å². The lowest BCUT2D eigenvalue weighted by Crippen LogP contribution is -2.13. The third-order valence-corrected chi connectivity index (χ3v) is 20.4. The van der Waals surface area contributed by atoms with Gasteiger partial charge in [0.25, 0.3) is 0 Å². The zero-order chi connectivity index (χ0) is 88.8. The smallest absolute Gasteiger partial charge is 0.210 e. The van der Waals surface area contributed by atoms with Crippen molar-refractivity contribution in [3.63, 3.8) is 0 Å². The molecule has 0 aliphatic heterocycles. The maximum absolute atomic E-state index is 13.4. The molecular formula is C103H96BrFN2O16. The lowest BCUT2D eigenvalue weighted by atomic mass is 9.98. The number of nitrogens with zero attached hydrogens (tertiary/aromatic N) is 2. The molecule has 20 heteroatoms. The van der Waals surface area contributed by atoms with Crippen molar-refractivity contribution in [1.82, 2.24) is 0 Å². The van der Waals surface area contributed by atoms with E-state index in [2.05, 4.69) is 27.2 Å². The number of nitriles is 1. The number of carbonyl (C=O) groups is 2. The van der Waals surface area contributed by atoms with Crippen LogP contribution in [0.2, 0.25) is 0 Å². The number of methoxy groups -OCH3 is 3. The number of phenols is 1. The number of benzene rings is 12. The number of oxime groups is 1. The first kappa shape index (κ1) is 92.9. The van der Waals surface area contributed by atoms with E-state index >= 15 is 0 Å². The summed E-state index contributed by atoms with van der Waals surface area (Å²) >= 11 is 3.00. The van der Waals surface area contributed by atoms with Gasteiger partial charge in [-0.3, -0.25) is 24.0 Å². The van der Waals surface area contributed by atoms with Gasteiger partial charge in [0.1, 0.15) is 91.3 Å². The number of ketones is 2. The highest BCUT2D eigenvalue weighted by Crippen LogP contribution is 2.35. The van der Waals surface area contributed by atoms with Gasteiger partial charge in [0, 0.05) is 18.4 Å². The number of Topliss-reactive ketones (excluding diaryl/α,β-unsaturated/α-hetero) is 2. The van der Waals surface area contributed by atoms with Gasteiger partial charge in [-0.15, -0.1) is 0 Å². The number of phenolic OH excluding ortho intramolecular Hbond substituents is 1. The number of ether oxygens (including phenoxy) is 4. The highest BCUT2D eigenvalue weighted by atomic mass is 79.9. The summed E-state index contributed by atoms with van der Waals surface area (Å²) < 4.78 is 52.2. The van der Waals surface area contributed by atoms with Crippen molar-refractivity contribution in [2.45, 2.75) is 100 Å². The first-order valence-electron chi connectivity index (χ1n) is 39.3. The molecule has 628 valence electrons. The number of aliphatic hydroxyl groups is 2. The molecular weight excluding hydrogens is 1620 g/mol. The fourth-order valence-corrected chi connectivity index (χ4v) is 14.1. The Morgan fingerprint density at radius 1 is 0.447 bits per heavy atom. The summed E-state index contributed by atoms with van der Waals surface area (Å²) in [6, 6.07) is 87.6. The van der Waals surface area contributed by atoms with Crippen LogP contribution in [0, 0.1) is 58.7 Å². The van der Waals surface area contributed by atoms with Gasteiger partial charge >= 0.3 is 0 Å². The molecule has 0 saturated carbocycles. The Morgan fingerprint density at radius 2 is 0.829 bits per heavy atom. The Bertz CT molecular complexity index is 6350. The molecule has 0 aliphatic rings. The molecule has 3 aromatic heterocycles. The van der Waals surface area contributed by atoms with Crippen LogP contribution >= 0.6 is 15.9 Å². The average Bonchev–Trinajstić information content (AvgIpc) is 0.762. The largest absolute Gasteiger partial charge is 0.507 e. The van der Waals surface area contributed by atoms with E-state index in [1.807, 2.05) is 285 Å². The fourth-order valence-electron chi connectivity index (χ4n) is 13.4. The maximum atomic E-state index is 13.4. The van der Waals surface area contributed by atoms with Crippen molar-refractivity contribution in [3.8, 4) is 51.3 Å². The number of aryl methyl sites for hydroxylation is 6. The molecule has 12 aromatic carbocycles. The molecule has 0 spiro atoms. The summed E-state index contributed by atoms with van der Waals surface area (Å²) in [5.74, 6) is 2.45. The van der Waals surface area contributed by atoms with Gasteiger partial charge in [-0.2, -0.15) is 5.26 Å². The van der Waals surface area contributed by atoms with Crippen LogP contribution in [0.15, 0.2) is 316 Å². The van der Waals surface area contributed by atoms with Crippen molar-refractivity contribution in [2.24, 2.45) is 5.16 Å². The van der Waals surface area contributed by atoms with E-state index in [0.29, 0.717) is 98.0 Å². The molecule has 0 aliphatic carbocycles. The van der Waals surface area contributed by atoms with Crippen molar-refractivity contribution < 1.29 is 66.7 Å². The van der Waals surface area contributed by atoms with Crippen LogP contribution in [0.25, 0.3) is 55.2 Å². The Labute approximate surface area is 721 Å². The lowest BCUT2D eigenvalue weighted by Gasteiger charge is -2.17. The van der Waals surface area contributed by atoms with E-state index in [-0.39, 0.29) is 55.5 Å². The second-order valence-corrected chi connectivity index (χ2v) is 29.3. The van der Waals surface area contributed by atoms with Crippen LogP contribution in [0.4, 0.5) is 4.39 Å². The third-order valence-electron chi connectivity index (χ3n) is 19.7. The first-order valence-corrected chi connectivity index (χ1v) is 40.1. The highest BCUT2D eigenvalue weighted by Gasteiger charge is 2.25. The van der Waals surface area contributed by atoms with Gasteiger partial charge in [0.2, 0.25) is 16.3 Å². The Morgan fingerprint density at radius 3 is 1.29 bits per heavy atom. The van der Waals surface area contributed by atoms with Crippen molar-refractivity contribution >= 4 is 66.6 Å². The Hall–Kier alpha value is -13.9. The summed E-state index contributed by atoms with van der Waals surface area (Å²) in [5.41, 5.74) is 14.3. The number of aliphatic hydroxyl groups excluding tert-OH is 2. The molecule has 15 aromatic rings. The molecule has 3 unspecified atom stereocenters. The molecule has 0 amide bonds. The molecule has 4 N–H and O–H groups in total. The number of rotatable bonds is 18. The van der Waals surface area contributed by atoms with Gasteiger partial charge in [-0.1, -0.05) is 236 Å². The normalized spacial score (nSPS) is 11.3. The second kappa shape index (κ2) is 45.5. The minimum atomic E-state index is -0.935. The minimum absolute atomic E-state index is 0.0179. The first-order chi connectivity index (χ1) is 59.2. The van der Waals surface area contributed by atoms with Crippen LogP contribution in [-0.4, -0.2) is 59.6 Å². The highest BCUT2D eigenvalue weighted by molar-refractivity contribution is 9.10. The molecule has 3 atom stereocenters. The maximum Gasteiger partial charge on any atom is 0.210 e. The minimum Gasteiger partial charge on any atom is -0.507 e. The lowest BCUT2D eigenvalue weighted by molar-refractivity contribution is 0.0389. The topological polar surface area (TPSA) is 279 Å². The molecule has 0 radical (unpaired) electrons. The van der Waals surface area contributed by atoms with E-state index in [4.69, 9.17) is 42.7 Å². The quantitative estimate of drug-likeness (QED) is 0.0269. The zero-order valence-corrected chi connectivity index (χ0v) is 71.9. The molecule has 0 bridgehead atoms. The van der Waals surface area contributed by atoms with Crippen LogP contribution in [-0.2, 0) is 24.2 Å². The van der Waals surface area contributed by atoms with Crippen LogP contribution in [0.1, 0.15) is 138 Å². The van der Waals surface area contributed by atoms with E-state index in [1.165, 1.54) is 31.3 Å². The molecule has 18 nitrogen and oxygen atoms in total. The molecule has 123 heavy (non-hydrogen) atoms. The Kier molecular flexibility index (Phi) is 34.3. The van der Waals surface area contributed by atoms with E-state index < -0.39 is 23.5 Å². The average molecular weight is 1720 g/mol. The number of hydrogen-bond donors (Lipinski definition) is 4. The Balaban J connectivity index is 0.000000166. The van der Waals surface area contributed by atoms with Crippen molar-refractivity contribution in [2.75, 3.05) is 21.3 Å². The number of hydrogen-bond acceptors (Lipinski definition) is 18. The predicted molar refractivity (Wildman–Crippen MR) is 485 cm³/mol. The standard InChI is InChI=1S/C25H22O3.C18H16O3.C16H16O2.C15H14O2.C11H8BrFO3.C9H11NO2.C9H9NO/c1-17-10-9-15-21-22(17)24(26)23(20-13-7-4-8-14-20)25(28-21)18(2)27-16-19-11-5-3-6-12-19;1-11-7-6-10-14-15(11)17(20)16(18(21-14)12(2)19)13-8-4-3-5-9-13;1-12-7-6-10-15(18-2)16(12)14(17)11-13-8-4-3-5-9-13;1-11-6-5-9-13(16)15(11)14(17)10-12-7-3-2-4-8-12;1-5(14)11-9(12)10(15)8-6(13)3-2-4-7(8)16-11;1-7-4-3-5-9(12-2)8(7)6-10-11;1-7-4-3-5-9(11-2)8(7)6-10/h3-15,18H,16H2,1-2H3;3-10,12,19H,1-2H3;3-10H,11H2,1-2H3;2-9,16H,10H2,1H3;2-5,14H,1H3;3-6,11H,1-2H3;3-5H,1-2H3/b;;;;;10-6+;.